The highest BCUT2D eigenvalue weighted by molar-refractivity contribution is 4.92. The molecule has 1 rings (SSSR count). The van der Waals surface area contributed by atoms with Crippen LogP contribution >= 0.6 is 0 Å². The van der Waals surface area contributed by atoms with Gasteiger partial charge in [0.15, 0.2) is 0 Å². The first-order chi connectivity index (χ1) is 8.36. The summed E-state index contributed by atoms with van der Waals surface area (Å²) in [6.07, 6.45) is 14.1. The van der Waals surface area contributed by atoms with Crippen LogP contribution in [-0.2, 0) is 0 Å². The largest absolute Gasteiger partial charge is 0.299 e. The van der Waals surface area contributed by atoms with Crippen molar-refractivity contribution in [3.8, 4) is 6.07 Å². The van der Waals surface area contributed by atoms with Crippen LogP contribution in [0.2, 0.25) is 0 Å². The van der Waals surface area contributed by atoms with Crippen molar-refractivity contribution in [3.63, 3.8) is 0 Å². The van der Waals surface area contributed by atoms with Crippen molar-refractivity contribution in [1.82, 2.24) is 5.32 Å². The van der Waals surface area contributed by atoms with Gasteiger partial charge in [0, 0.05) is 6.04 Å². The summed E-state index contributed by atoms with van der Waals surface area (Å²) in [4.78, 5) is 0. The monoisotopic (exact) mass is 236 g/mol. The second-order valence-corrected chi connectivity index (χ2v) is 5.39. The molecule has 17 heavy (non-hydrogen) atoms. The van der Waals surface area contributed by atoms with E-state index in [-0.39, 0.29) is 6.04 Å². The van der Waals surface area contributed by atoms with Gasteiger partial charge in [-0.05, 0) is 19.3 Å². The van der Waals surface area contributed by atoms with Crippen LogP contribution < -0.4 is 5.32 Å². The molecule has 0 heterocycles. The molecule has 1 aliphatic carbocycles. The third kappa shape index (κ3) is 6.68. The van der Waals surface area contributed by atoms with Gasteiger partial charge in [-0.3, -0.25) is 5.32 Å². The molecule has 0 aromatic carbocycles. The molecule has 1 fully saturated rings. The number of nitrogens with zero attached hydrogens (tertiary/aromatic N) is 1. The van der Waals surface area contributed by atoms with Crippen molar-refractivity contribution in [2.45, 2.75) is 89.6 Å². The van der Waals surface area contributed by atoms with Gasteiger partial charge in [-0.1, -0.05) is 58.3 Å². The Hall–Kier alpha value is -0.550. The molecular weight excluding hydrogens is 208 g/mol. The van der Waals surface area contributed by atoms with Crippen LogP contribution in [0.5, 0.6) is 0 Å². The average Bonchev–Trinajstić information content (AvgIpc) is 2.38. The van der Waals surface area contributed by atoms with Crippen molar-refractivity contribution in [2.75, 3.05) is 0 Å². The second-order valence-electron chi connectivity index (χ2n) is 5.39. The van der Waals surface area contributed by atoms with Crippen molar-refractivity contribution in [1.29, 1.82) is 5.26 Å². The van der Waals surface area contributed by atoms with Crippen molar-refractivity contribution in [3.05, 3.63) is 0 Å². The highest BCUT2D eigenvalue weighted by atomic mass is 14.9. The predicted octanol–water partition coefficient (Wildman–Crippen LogP) is 4.16. The molecule has 0 aliphatic heterocycles. The summed E-state index contributed by atoms with van der Waals surface area (Å²) in [5, 5.41) is 12.7. The van der Waals surface area contributed by atoms with E-state index in [9.17, 15) is 0 Å². The van der Waals surface area contributed by atoms with Gasteiger partial charge in [0.2, 0.25) is 0 Å². The van der Waals surface area contributed by atoms with Crippen molar-refractivity contribution in [2.24, 2.45) is 0 Å². The number of rotatable bonds is 8. The lowest BCUT2D eigenvalue weighted by molar-refractivity contribution is 0.348. The van der Waals surface area contributed by atoms with E-state index in [1.165, 1.54) is 64.2 Å². The Labute approximate surface area is 107 Å². The van der Waals surface area contributed by atoms with E-state index in [0.717, 1.165) is 6.42 Å². The van der Waals surface area contributed by atoms with E-state index >= 15 is 0 Å². The molecule has 1 atom stereocenters. The highest BCUT2D eigenvalue weighted by Gasteiger charge is 2.16. The molecule has 1 saturated carbocycles. The first kappa shape index (κ1) is 14.5. The number of nitriles is 1. The molecule has 1 aliphatic rings. The molecule has 2 nitrogen and oxygen atoms in total. The van der Waals surface area contributed by atoms with Gasteiger partial charge in [0.05, 0.1) is 12.1 Å². The third-order valence-electron chi connectivity index (χ3n) is 3.79. The van der Waals surface area contributed by atoms with Crippen LogP contribution in [0.4, 0.5) is 0 Å². The molecule has 0 bridgehead atoms. The molecule has 0 aromatic heterocycles. The Bertz CT molecular complexity index is 213. The Morgan fingerprint density at radius 2 is 1.82 bits per heavy atom. The summed E-state index contributed by atoms with van der Waals surface area (Å²) in [5.74, 6) is 0. The van der Waals surface area contributed by atoms with Crippen LogP contribution in [0.1, 0.15) is 77.6 Å². The minimum absolute atomic E-state index is 0.0970. The van der Waals surface area contributed by atoms with Gasteiger partial charge in [-0.15, -0.1) is 0 Å². The maximum absolute atomic E-state index is 9.15. The standard InChI is InChI=1S/C15H28N2/c1-2-3-4-5-7-12-15(13-16)17-14-10-8-6-9-11-14/h14-15,17H,2-12H2,1H3. The van der Waals surface area contributed by atoms with Gasteiger partial charge in [0.1, 0.15) is 0 Å². The zero-order chi connectivity index (χ0) is 12.3. The van der Waals surface area contributed by atoms with E-state index in [1.807, 2.05) is 0 Å². The zero-order valence-electron chi connectivity index (χ0n) is 11.4. The minimum Gasteiger partial charge on any atom is -0.299 e. The summed E-state index contributed by atoms with van der Waals surface area (Å²) in [6.45, 7) is 2.24. The fourth-order valence-corrected chi connectivity index (χ4v) is 2.69. The molecule has 0 aromatic rings. The Kier molecular flexibility index (Phi) is 8.09. The Morgan fingerprint density at radius 3 is 2.47 bits per heavy atom. The predicted molar refractivity (Wildman–Crippen MR) is 72.8 cm³/mol. The van der Waals surface area contributed by atoms with Crippen LogP contribution in [0.3, 0.4) is 0 Å². The summed E-state index contributed by atoms with van der Waals surface area (Å²) < 4.78 is 0. The van der Waals surface area contributed by atoms with Gasteiger partial charge < -0.3 is 0 Å². The van der Waals surface area contributed by atoms with Crippen LogP contribution in [0, 0.1) is 11.3 Å². The second kappa shape index (κ2) is 9.48. The molecule has 0 saturated heterocycles. The Morgan fingerprint density at radius 1 is 1.12 bits per heavy atom. The first-order valence-electron chi connectivity index (χ1n) is 7.52. The van der Waals surface area contributed by atoms with E-state index in [1.54, 1.807) is 0 Å². The summed E-state index contributed by atoms with van der Waals surface area (Å²) >= 11 is 0. The summed E-state index contributed by atoms with van der Waals surface area (Å²) in [6, 6.07) is 3.14. The first-order valence-corrected chi connectivity index (χ1v) is 7.52. The average molecular weight is 236 g/mol. The number of unbranched alkanes of at least 4 members (excludes halogenated alkanes) is 4. The summed E-state index contributed by atoms with van der Waals surface area (Å²) in [5.41, 5.74) is 0. The molecule has 1 unspecified atom stereocenters. The van der Waals surface area contributed by atoms with Crippen LogP contribution in [0.25, 0.3) is 0 Å². The molecular formula is C15H28N2. The van der Waals surface area contributed by atoms with Gasteiger partial charge in [0.25, 0.3) is 0 Å². The highest BCUT2D eigenvalue weighted by Crippen LogP contribution is 2.18. The molecule has 1 N–H and O–H groups in total. The molecule has 0 spiro atoms. The van der Waals surface area contributed by atoms with E-state index in [4.69, 9.17) is 5.26 Å². The summed E-state index contributed by atoms with van der Waals surface area (Å²) in [7, 11) is 0. The fraction of sp³-hybridized carbons (Fsp3) is 0.933. The maximum atomic E-state index is 9.15. The van der Waals surface area contributed by atoms with E-state index in [0.29, 0.717) is 6.04 Å². The third-order valence-corrected chi connectivity index (χ3v) is 3.79. The van der Waals surface area contributed by atoms with Crippen LogP contribution in [-0.4, -0.2) is 12.1 Å². The molecule has 0 radical (unpaired) electrons. The lowest BCUT2D eigenvalue weighted by Crippen LogP contribution is -2.38. The number of nitrogens with one attached hydrogen (secondary N) is 1. The molecule has 2 heteroatoms. The van der Waals surface area contributed by atoms with Gasteiger partial charge in [-0.2, -0.15) is 5.26 Å². The smallest absolute Gasteiger partial charge is 0.0955 e. The molecule has 98 valence electrons. The SMILES string of the molecule is CCCCCCCC(C#N)NC1CCCCC1. The fourth-order valence-electron chi connectivity index (χ4n) is 2.69. The van der Waals surface area contributed by atoms with Crippen molar-refractivity contribution >= 4 is 0 Å². The topological polar surface area (TPSA) is 35.8 Å². The van der Waals surface area contributed by atoms with Crippen LogP contribution in [0.15, 0.2) is 0 Å². The van der Waals surface area contributed by atoms with Crippen molar-refractivity contribution < 1.29 is 0 Å². The zero-order valence-corrected chi connectivity index (χ0v) is 11.4. The molecule has 0 amide bonds. The quantitative estimate of drug-likeness (QED) is 0.642. The lowest BCUT2D eigenvalue weighted by atomic mass is 9.94. The maximum Gasteiger partial charge on any atom is 0.0955 e. The van der Waals surface area contributed by atoms with Gasteiger partial charge in [-0.25, -0.2) is 0 Å². The lowest BCUT2D eigenvalue weighted by Gasteiger charge is -2.25. The normalized spacial score (nSPS) is 18.8. The van der Waals surface area contributed by atoms with E-state index < -0.39 is 0 Å². The number of hydrogen-bond acceptors (Lipinski definition) is 2. The Balaban J connectivity index is 2.08. The van der Waals surface area contributed by atoms with Gasteiger partial charge >= 0.3 is 0 Å². The minimum atomic E-state index is 0.0970. The number of hydrogen-bond donors (Lipinski definition) is 1. The van der Waals surface area contributed by atoms with E-state index in [2.05, 4.69) is 18.3 Å².